The van der Waals surface area contributed by atoms with E-state index in [1.54, 1.807) is 17.3 Å². The van der Waals surface area contributed by atoms with Crippen LogP contribution in [0.5, 0.6) is 0 Å². The minimum atomic E-state index is 0.145. The Morgan fingerprint density at radius 2 is 1.94 bits per heavy atom. The molecule has 3 heteroatoms. The first-order chi connectivity index (χ1) is 8.46. The van der Waals surface area contributed by atoms with E-state index >= 15 is 0 Å². The molecule has 0 amide bonds. The van der Waals surface area contributed by atoms with Gasteiger partial charge in [0.15, 0.2) is 0 Å². The van der Waals surface area contributed by atoms with Crippen molar-refractivity contribution in [2.45, 2.75) is 32.7 Å². The largest absolute Gasteiger partial charge is 0.312 e. The van der Waals surface area contributed by atoms with Crippen molar-refractivity contribution in [3.8, 4) is 0 Å². The van der Waals surface area contributed by atoms with Gasteiger partial charge in [0.05, 0.1) is 0 Å². The summed E-state index contributed by atoms with van der Waals surface area (Å²) in [6.45, 7) is 14.9. The molecule has 0 aliphatic rings. The second-order valence-corrected chi connectivity index (χ2v) is 5.19. The number of hydrogen-bond donors (Lipinski definition) is 1. The summed E-state index contributed by atoms with van der Waals surface area (Å²) in [5.41, 5.74) is 1.21. The fraction of sp³-hybridized carbons (Fsp3) is 0.400. The molecule has 0 fully saturated rings. The molecule has 0 saturated carbocycles. The van der Waals surface area contributed by atoms with Gasteiger partial charge < -0.3 is 10.2 Å². The number of aromatic nitrogens is 1. The Labute approximate surface area is 110 Å². The molecule has 98 valence electrons. The van der Waals surface area contributed by atoms with E-state index in [9.17, 15) is 0 Å². The molecular weight excluding hydrogens is 222 g/mol. The van der Waals surface area contributed by atoms with Gasteiger partial charge in [0.1, 0.15) is 5.82 Å². The van der Waals surface area contributed by atoms with Crippen LogP contribution in [0.4, 0.5) is 5.82 Å². The van der Waals surface area contributed by atoms with E-state index in [1.165, 1.54) is 0 Å². The van der Waals surface area contributed by atoms with E-state index in [0.29, 0.717) is 0 Å². The molecule has 18 heavy (non-hydrogen) atoms. The standard InChI is InChI=1S/C15H23N3/c1-6-18(7-2)14-10-8-9-13(17-14)11-12-16-15(3,4)5/h6-10,16H,1-2,11-12H2,3-5H3. The van der Waals surface area contributed by atoms with Crippen molar-refractivity contribution in [3.63, 3.8) is 0 Å². The van der Waals surface area contributed by atoms with Gasteiger partial charge in [-0.3, -0.25) is 0 Å². The maximum atomic E-state index is 4.58. The first-order valence-corrected chi connectivity index (χ1v) is 6.20. The number of anilines is 1. The summed E-state index contributed by atoms with van der Waals surface area (Å²) in [6.07, 6.45) is 4.31. The summed E-state index contributed by atoms with van der Waals surface area (Å²) in [5, 5.41) is 3.45. The smallest absolute Gasteiger partial charge is 0.136 e. The van der Waals surface area contributed by atoms with Gasteiger partial charge in [0.2, 0.25) is 0 Å². The molecule has 0 atom stereocenters. The van der Waals surface area contributed by atoms with Crippen LogP contribution in [0.1, 0.15) is 26.5 Å². The molecule has 3 nitrogen and oxygen atoms in total. The van der Waals surface area contributed by atoms with Crippen LogP contribution >= 0.6 is 0 Å². The average molecular weight is 245 g/mol. The zero-order chi connectivity index (χ0) is 13.6. The van der Waals surface area contributed by atoms with Crippen LogP contribution in [0.2, 0.25) is 0 Å². The van der Waals surface area contributed by atoms with Crippen molar-refractivity contribution in [1.29, 1.82) is 0 Å². The minimum Gasteiger partial charge on any atom is -0.312 e. The van der Waals surface area contributed by atoms with Gasteiger partial charge in [-0.05, 0) is 32.9 Å². The Hall–Kier alpha value is -1.61. The molecule has 1 aromatic rings. The lowest BCUT2D eigenvalue weighted by Crippen LogP contribution is -2.37. The van der Waals surface area contributed by atoms with Gasteiger partial charge in [-0.25, -0.2) is 4.98 Å². The van der Waals surface area contributed by atoms with Crippen LogP contribution in [0, 0.1) is 0 Å². The molecule has 0 aliphatic heterocycles. The van der Waals surface area contributed by atoms with E-state index in [4.69, 9.17) is 0 Å². The van der Waals surface area contributed by atoms with Gasteiger partial charge in [0, 0.05) is 36.6 Å². The Bertz CT molecular complexity index is 396. The van der Waals surface area contributed by atoms with E-state index < -0.39 is 0 Å². The normalized spacial score (nSPS) is 11.1. The van der Waals surface area contributed by atoms with Crippen molar-refractivity contribution >= 4 is 5.82 Å². The molecular formula is C15H23N3. The number of rotatable bonds is 6. The van der Waals surface area contributed by atoms with Crippen molar-refractivity contribution < 1.29 is 0 Å². The van der Waals surface area contributed by atoms with E-state index in [-0.39, 0.29) is 5.54 Å². The van der Waals surface area contributed by atoms with Crippen LogP contribution in [0.3, 0.4) is 0 Å². The summed E-state index contributed by atoms with van der Waals surface area (Å²) < 4.78 is 0. The third-order valence-corrected chi connectivity index (χ3v) is 2.49. The van der Waals surface area contributed by atoms with Crippen molar-refractivity contribution in [1.82, 2.24) is 10.3 Å². The van der Waals surface area contributed by atoms with Gasteiger partial charge in [-0.15, -0.1) is 0 Å². The van der Waals surface area contributed by atoms with Crippen LogP contribution in [-0.4, -0.2) is 17.1 Å². The topological polar surface area (TPSA) is 28.2 Å². The molecule has 1 rings (SSSR count). The van der Waals surface area contributed by atoms with Gasteiger partial charge in [-0.1, -0.05) is 19.2 Å². The summed E-state index contributed by atoms with van der Waals surface area (Å²) in [4.78, 5) is 6.38. The van der Waals surface area contributed by atoms with E-state index in [2.05, 4.69) is 44.2 Å². The van der Waals surface area contributed by atoms with Crippen LogP contribution < -0.4 is 10.2 Å². The minimum absolute atomic E-state index is 0.145. The van der Waals surface area contributed by atoms with Crippen molar-refractivity contribution in [3.05, 3.63) is 49.5 Å². The summed E-state index contributed by atoms with van der Waals surface area (Å²) in [6, 6.07) is 6.00. The van der Waals surface area contributed by atoms with Gasteiger partial charge in [-0.2, -0.15) is 0 Å². The monoisotopic (exact) mass is 245 g/mol. The molecule has 1 aromatic heterocycles. The lowest BCUT2D eigenvalue weighted by molar-refractivity contribution is 0.428. The zero-order valence-corrected chi connectivity index (χ0v) is 11.6. The Morgan fingerprint density at radius 3 is 2.50 bits per heavy atom. The zero-order valence-electron chi connectivity index (χ0n) is 11.6. The number of nitrogens with zero attached hydrogens (tertiary/aromatic N) is 2. The summed E-state index contributed by atoms with van der Waals surface area (Å²) in [7, 11) is 0. The van der Waals surface area contributed by atoms with Crippen LogP contribution in [0.25, 0.3) is 0 Å². The van der Waals surface area contributed by atoms with Crippen molar-refractivity contribution in [2.75, 3.05) is 11.4 Å². The average Bonchev–Trinajstić information content (AvgIpc) is 2.29. The second-order valence-electron chi connectivity index (χ2n) is 5.19. The highest BCUT2D eigenvalue weighted by molar-refractivity contribution is 5.45. The lowest BCUT2D eigenvalue weighted by atomic mass is 10.1. The molecule has 0 unspecified atom stereocenters. The maximum absolute atomic E-state index is 4.58. The number of pyridine rings is 1. The maximum Gasteiger partial charge on any atom is 0.136 e. The molecule has 1 heterocycles. The molecule has 0 aromatic carbocycles. The van der Waals surface area contributed by atoms with Gasteiger partial charge >= 0.3 is 0 Å². The summed E-state index contributed by atoms with van der Waals surface area (Å²) >= 11 is 0. The van der Waals surface area contributed by atoms with Crippen LogP contribution in [-0.2, 0) is 6.42 Å². The second kappa shape index (κ2) is 6.36. The number of nitrogens with one attached hydrogen (secondary N) is 1. The molecule has 1 N–H and O–H groups in total. The SMILES string of the molecule is C=CN(C=C)c1cccc(CCNC(C)(C)C)n1. The molecule has 0 saturated heterocycles. The highest BCUT2D eigenvalue weighted by atomic mass is 15.2. The Kier molecular flexibility index (Phi) is 5.10. The Morgan fingerprint density at radius 1 is 1.28 bits per heavy atom. The molecule has 0 radical (unpaired) electrons. The van der Waals surface area contributed by atoms with Gasteiger partial charge in [0.25, 0.3) is 0 Å². The summed E-state index contributed by atoms with van der Waals surface area (Å²) in [5.74, 6) is 0.855. The quantitative estimate of drug-likeness (QED) is 0.834. The molecule has 0 bridgehead atoms. The van der Waals surface area contributed by atoms with E-state index in [1.807, 2.05) is 18.2 Å². The van der Waals surface area contributed by atoms with Crippen LogP contribution in [0.15, 0.2) is 43.8 Å². The molecule has 0 aliphatic carbocycles. The first kappa shape index (κ1) is 14.5. The fourth-order valence-electron chi connectivity index (χ4n) is 1.58. The molecule has 0 spiro atoms. The predicted octanol–water partition coefficient (Wildman–Crippen LogP) is 3.11. The number of hydrogen-bond acceptors (Lipinski definition) is 3. The van der Waals surface area contributed by atoms with E-state index in [0.717, 1.165) is 24.5 Å². The first-order valence-electron chi connectivity index (χ1n) is 6.20. The third-order valence-electron chi connectivity index (χ3n) is 2.49. The van der Waals surface area contributed by atoms with Crippen molar-refractivity contribution in [2.24, 2.45) is 0 Å². The predicted molar refractivity (Wildman–Crippen MR) is 78.6 cm³/mol. The third kappa shape index (κ3) is 4.72. The highest BCUT2D eigenvalue weighted by Gasteiger charge is 2.08. The highest BCUT2D eigenvalue weighted by Crippen LogP contribution is 2.12. The Balaban J connectivity index is 2.65. The fourth-order valence-corrected chi connectivity index (χ4v) is 1.58. The lowest BCUT2D eigenvalue weighted by Gasteiger charge is -2.20.